The van der Waals surface area contributed by atoms with Crippen molar-refractivity contribution in [2.75, 3.05) is 0 Å². The Morgan fingerprint density at radius 1 is 0.509 bits per heavy atom. The molecule has 5 heteroatoms. The summed E-state index contributed by atoms with van der Waals surface area (Å²) in [6.07, 6.45) is 1.42. The van der Waals surface area contributed by atoms with Gasteiger partial charge >= 0.3 is 0 Å². The topological polar surface area (TPSA) is 86.3 Å². The van der Waals surface area contributed by atoms with Gasteiger partial charge in [-0.15, -0.1) is 0 Å². The third kappa shape index (κ3) is 7.42. The fourth-order valence-electron chi connectivity index (χ4n) is 7.19. The van der Waals surface area contributed by atoms with Crippen molar-refractivity contribution in [1.82, 2.24) is 0 Å². The normalized spacial score (nSPS) is 10.8. The van der Waals surface area contributed by atoms with Crippen LogP contribution in [-0.2, 0) is 0 Å². The van der Waals surface area contributed by atoms with Crippen molar-refractivity contribution in [3.05, 3.63) is 205 Å². The SMILES string of the molecule is C=NC(=N)c1ccccc1.Cc1ccccc1.N=Cc1ccc(-c2cccc3oc4ccccc4c23)c2oc3c(-c4ccccc4)cc(-c4ccccc4)cc3c12. The first-order chi connectivity index (χ1) is 28.0. The van der Waals surface area contributed by atoms with E-state index in [-0.39, 0.29) is 5.84 Å². The molecule has 5 nitrogen and oxygen atoms in total. The molecule has 0 saturated heterocycles. The number of fused-ring (bicyclic) bond motifs is 6. The van der Waals surface area contributed by atoms with Crippen LogP contribution in [0.2, 0.25) is 0 Å². The van der Waals surface area contributed by atoms with Crippen molar-refractivity contribution < 1.29 is 8.83 Å². The number of hydrogen-bond donors (Lipinski definition) is 2. The zero-order chi connectivity index (χ0) is 39.1. The highest BCUT2D eigenvalue weighted by atomic mass is 16.3. The summed E-state index contributed by atoms with van der Waals surface area (Å²) in [7, 11) is 0. The molecule has 0 bridgehead atoms. The summed E-state index contributed by atoms with van der Waals surface area (Å²) in [5.41, 5.74) is 12.6. The Hall–Kier alpha value is -7.63. The quantitative estimate of drug-likeness (QED) is 0.136. The van der Waals surface area contributed by atoms with Crippen LogP contribution in [0.3, 0.4) is 0 Å². The van der Waals surface area contributed by atoms with E-state index in [1.54, 1.807) is 0 Å². The minimum Gasteiger partial charge on any atom is -0.456 e. The number of benzene rings is 8. The molecule has 2 aromatic heterocycles. The lowest BCUT2D eigenvalue weighted by molar-refractivity contribution is 0.669. The van der Waals surface area contributed by atoms with Crippen LogP contribution in [0.1, 0.15) is 16.7 Å². The van der Waals surface area contributed by atoms with E-state index >= 15 is 0 Å². The molecule has 0 aliphatic rings. The van der Waals surface area contributed by atoms with Crippen LogP contribution in [0, 0.1) is 17.7 Å². The summed E-state index contributed by atoms with van der Waals surface area (Å²) in [6, 6.07) is 63.2. The molecule has 0 spiro atoms. The monoisotopic (exact) mass is 737 g/mol. The smallest absolute Gasteiger partial charge is 0.151 e. The molecule has 2 N–H and O–H groups in total. The maximum absolute atomic E-state index is 8.28. The predicted molar refractivity (Wildman–Crippen MR) is 239 cm³/mol. The van der Waals surface area contributed by atoms with Gasteiger partial charge in [-0.3, -0.25) is 5.41 Å². The lowest BCUT2D eigenvalue weighted by Crippen LogP contribution is -1.91. The number of para-hydroxylation sites is 1. The lowest BCUT2D eigenvalue weighted by atomic mass is 9.93. The average molecular weight is 738 g/mol. The van der Waals surface area contributed by atoms with Crippen LogP contribution in [0.4, 0.5) is 0 Å². The third-order valence-electron chi connectivity index (χ3n) is 9.94. The van der Waals surface area contributed by atoms with Gasteiger partial charge in [0.1, 0.15) is 22.3 Å². The summed E-state index contributed by atoms with van der Waals surface area (Å²) < 4.78 is 13.1. The van der Waals surface area contributed by atoms with E-state index in [2.05, 4.69) is 110 Å². The first-order valence-electron chi connectivity index (χ1n) is 18.7. The van der Waals surface area contributed by atoms with E-state index in [9.17, 15) is 0 Å². The Labute approximate surface area is 331 Å². The number of nitrogens with zero attached hydrogens (tertiary/aromatic N) is 1. The van der Waals surface area contributed by atoms with Crippen LogP contribution in [0.15, 0.2) is 202 Å². The highest BCUT2D eigenvalue weighted by molar-refractivity contribution is 6.22. The Bertz CT molecular complexity index is 3000. The van der Waals surface area contributed by atoms with Crippen molar-refractivity contribution in [2.45, 2.75) is 6.92 Å². The van der Waals surface area contributed by atoms with Crippen molar-refractivity contribution in [3.8, 4) is 33.4 Å². The number of aliphatic imine (C=N–C) groups is 1. The van der Waals surface area contributed by atoms with Gasteiger partial charge in [-0.2, -0.15) is 0 Å². The maximum Gasteiger partial charge on any atom is 0.151 e. The molecule has 0 radical (unpaired) electrons. The van der Waals surface area contributed by atoms with E-state index in [0.29, 0.717) is 0 Å². The van der Waals surface area contributed by atoms with Crippen molar-refractivity contribution in [3.63, 3.8) is 0 Å². The summed E-state index contributed by atoms with van der Waals surface area (Å²) in [5, 5.41) is 19.6. The summed E-state index contributed by atoms with van der Waals surface area (Å²) in [4.78, 5) is 3.49. The molecular formula is C52H39N3O2. The Balaban J connectivity index is 0.000000222. The average Bonchev–Trinajstić information content (AvgIpc) is 3.87. The molecule has 0 saturated carbocycles. The standard InChI is InChI=1S/C37H23NO2.C8H8N2.C7H8/c38-22-25-18-19-28(27-15-9-17-33-35(27)29-14-7-8-16-32(29)39-33)37-34(25)31-21-26(23-10-3-1-4-11-23)20-30(36(31)40-37)24-12-5-2-6-13-24;1-10-8(9)7-5-3-2-4-6-7;1-7-5-3-2-4-6-7/h1-22,38H;2-6,9H,1H2;2-6H,1H3. The Kier molecular flexibility index (Phi) is 10.5. The lowest BCUT2D eigenvalue weighted by Gasteiger charge is -2.08. The molecular weight excluding hydrogens is 699 g/mol. The van der Waals surface area contributed by atoms with Crippen molar-refractivity contribution in [1.29, 1.82) is 10.8 Å². The summed E-state index contributed by atoms with van der Waals surface area (Å²) in [5.74, 6) is 0.223. The van der Waals surface area contributed by atoms with Gasteiger partial charge in [0.25, 0.3) is 0 Å². The minimum atomic E-state index is 0.223. The number of nitrogens with one attached hydrogen (secondary N) is 2. The molecule has 0 atom stereocenters. The number of hydrogen-bond acceptors (Lipinski definition) is 4. The van der Waals surface area contributed by atoms with Crippen LogP contribution in [0.5, 0.6) is 0 Å². The number of aryl methyl sites for hydroxylation is 1. The molecule has 57 heavy (non-hydrogen) atoms. The molecule has 0 aliphatic carbocycles. The predicted octanol–water partition coefficient (Wildman–Crippen LogP) is 14.2. The molecule has 8 aromatic carbocycles. The highest BCUT2D eigenvalue weighted by Crippen LogP contribution is 2.45. The van der Waals surface area contributed by atoms with Crippen LogP contribution >= 0.6 is 0 Å². The van der Waals surface area contributed by atoms with Crippen LogP contribution in [-0.4, -0.2) is 18.8 Å². The summed E-state index contributed by atoms with van der Waals surface area (Å²) >= 11 is 0. The fourth-order valence-corrected chi connectivity index (χ4v) is 7.19. The second-order valence-corrected chi connectivity index (χ2v) is 13.6. The zero-order valence-corrected chi connectivity index (χ0v) is 31.4. The number of amidine groups is 1. The highest BCUT2D eigenvalue weighted by Gasteiger charge is 2.22. The molecule has 0 unspecified atom stereocenters. The molecule has 0 amide bonds. The zero-order valence-electron chi connectivity index (χ0n) is 31.4. The van der Waals surface area contributed by atoms with E-state index in [0.717, 1.165) is 88.4 Å². The molecule has 274 valence electrons. The number of furan rings is 2. The molecule has 10 rings (SSSR count). The van der Waals surface area contributed by atoms with E-state index in [1.165, 1.54) is 11.8 Å². The Morgan fingerprint density at radius 3 is 1.77 bits per heavy atom. The van der Waals surface area contributed by atoms with Gasteiger partial charge < -0.3 is 14.2 Å². The van der Waals surface area contributed by atoms with E-state index in [1.807, 2.05) is 97.1 Å². The van der Waals surface area contributed by atoms with E-state index in [4.69, 9.17) is 19.7 Å². The minimum absolute atomic E-state index is 0.223. The largest absolute Gasteiger partial charge is 0.456 e. The van der Waals surface area contributed by atoms with Gasteiger partial charge in [0, 0.05) is 50.0 Å². The van der Waals surface area contributed by atoms with E-state index < -0.39 is 0 Å². The summed E-state index contributed by atoms with van der Waals surface area (Å²) in [6.45, 7) is 5.35. The fraction of sp³-hybridized carbons (Fsp3) is 0.0192. The van der Waals surface area contributed by atoms with Gasteiger partial charge in [-0.25, -0.2) is 4.99 Å². The Morgan fingerprint density at radius 2 is 1.12 bits per heavy atom. The molecule has 2 heterocycles. The number of rotatable bonds is 5. The second-order valence-electron chi connectivity index (χ2n) is 13.6. The second kappa shape index (κ2) is 16.4. The van der Waals surface area contributed by atoms with Gasteiger partial charge in [0.2, 0.25) is 0 Å². The molecule has 0 aliphatic heterocycles. The van der Waals surface area contributed by atoms with Crippen molar-refractivity contribution in [2.24, 2.45) is 4.99 Å². The first kappa shape index (κ1) is 36.4. The van der Waals surface area contributed by atoms with Crippen LogP contribution in [0.25, 0.3) is 77.3 Å². The van der Waals surface area contributed by atoms with Gasteiger partial charge in [-0.05, 0) is 66.2 Å². The van der Waals surface area contributed by atoms with Crippen LogP contribution < -0.4 is 0 Å². The third-order valence-corrected chi connectivity index (χ3v) is 9.94. The first-order valence-corrected chi connectivity index (χ1v) is 18.7. The maximum atomic E-state index is 8.28. The van der Waals surface area contributed by atoms with Gasteiger partial charge in [0.15, 0.2) is 5.84 Å². The van der Waals surface area contributed by atoms with Gasteiger partial charge in [-0.1, -0.05) is 163 Å². The molecule has 0 fully saturated rings. The van der Waals surface area contributed by atoms with Crippen molar-refractivity contribution >= 4 is 62.6 Å². The molecule has 10 aromatic rings. The van der Waals surface area contributed by atoms with Gasteiger partial charge in [0.05, 0.1) is 0 Å².